The Bertz CT molecular complexity index is 846. The third kappa shape index (κ3) is 4.07. The first-order valence-electron chi connectivity index (χ1n) is 10.4. The van der Waals surface area contributed by atoms with Crippen molar-refractivity contribution in [3.05, 3.63) is 46.8 Å². The van der Waals surface area contributed by atoms with Crippen LogP contribution < -0.4 is 4.74 Å². The maximum Gasteiger partial charge on any atom is 0.325 e. The number of likely N-dealkylation sites (tertiary alicyclic amines) is 1. The summed E-state index contributed by atoms with van der Waals surface area (Å²) < 4.78 is 7.60. The summed E-state index contributed by atoms with van der Waals surface area (Å²) in [6.07, 6.45) is 7.47. The summed E-state index contributed by atoms with van der Waals surface area (Å²) in [5.74, 6) is 0.499. The molecule has 6 heteroatoms. The predicted octanol–water partition coefficient (Wildman–Crippen LogP) is 3.23. The van der Waals surface area contributed by atoms with E-state index < -0.39 is 5.97 Å². The standard InChI is InChI=1S/C22H29N3O3/c1-2-28-21-12-17-6-3-5-16(17)11-19(21)14-24-10-4-7-18(13-24)20-8-9-23-25(20)15-22(26)27/h8-9,11-12,18H,2-7,10,13-15H2,1H3,(H,26,27)/t18-/m0/s1. The molecule has 150 valence electrons. The van der Waals surface area contributed by atoms with E-state index >= 15 is 0 Å². The Balaban J connectivity index is 1.50. The molecule has 2 aromatic rings. The van der Waals surface area contributed by atoms with Gasteiger partial charge in [-0.15, -0.1) is 0 Å². The number of piperidine rings is 1. The highest BCUT2D eigenvalue weighted by Gasteiger charge is 2.26. The summed E-state index contributed by atoms with van der Waals surface area (Å²) in [6.45, 7) is 5.52. The molecular weight excluding hydrogens is 354 g/mol. The van der Waals surface area contributed by atoms with Crippen LogP contribution in [0.2, 0.25) is 0 Å². The first kappa shape index (κ1) is 19.0. The van der Waals surface area contributed by atoms with E-state index in [1.807, 2.05) is 13.0 Å². The monoisotopic (exact) mass is 383 g/mol. The van der Waals surface area contributed by atoms with Crippen molar-refractivity contribution < 1.29 is 14.6 Å². The average Bonchev–Trinajstić information content (AvgIpc) is 3.31. The van der Waals surface area contributed by atoms with Crippen LogP contribution in [0.25, 0.3) is 0 Å². The molecule has 1 aromatic carbocycles. The van der Waals surface area contributed by atoms with E-state index in [0.717, 1.165) is 50.3 Å². The van der Waals surface area contributed by atoms with Crippen LogP contribution in [0, 0.1) is 0 Å². The number of ether oxygens (including phenoxy) is 1. The van der Waals surface area contributed by atoms with Gasteiger partial charge in [-0.25, -0.2) is 0 Å². The molecule has 28 heavy (non-hydrogen) atoms. The first-order valence-corrected chi connectivity index (χ1v) is 10.4. The summed E-state index contributed by atoms with van der Waals surface area (Å²) in [5.41, 5.74) is 5.24. The Morgan fingerprint density at radius 1 is 1.29 bits per heavy atom. The lowest BCUT2D eigenvalue weighted by Crippen LogP contribution is -2.35. The Morgan fingerprint density at radius 3 is 2.89 bits per heavy atom. The number of hydrogen-bond acceptors (Lipinski definition) is 4. The fraction of sp³-hybridized carbons (Fsp3) is 0.545. The molecule has 0 amide bonds. The molecule has 1 aliphatic heterocycles. The number of aromatic nitrogens is 2. The fourth-order valence-corrected chi connectivity index (χ4v) is 4.70. The number of nitrogens with zero attached hydrogens (tertiary/aromatic N) is 3. The highest BCUT2D eigenvalue weighted by Crippen LogP contribution is 2.33. The number of carbonyl (C=O) groups is 1. The van der Waals surface area contributed by atoms with Gasteiger partial charge in [-0.1, -0.05) is 6.07 Å². The van der Waals surface area contributed by atoms with E-state index in [-0.39, 0.29) is 6.54 Å². The van der Waals surface area contributed by atoms with Crippen molar-refractivity contribution >= 4 is 5.97 Å². The second kappa shape index (κ2) is 8.35. The molecule has 1 atom stereocenters. The van der Waals surface area contributed by atoms with Crippen molar-refractivity contribution in [1.29, 1.82) is 0 Å². The molecule has 1 N–H and O–H groups in total. The van der Waals surface area contributed by atoms with Gasteiger partial charge in [0.1, 0.15) is 12.3 Å². The second-order valence-corrected chi connectivity index (χ2v) is 7.90. The van der Waals surface area contributed by atoms with Crippen LogP contribution in [-0.2, 0) is 30.7 Å². The van der Waals surface area contributed by atoms with Gasteiger partial charge < -0.3 is 9.84 Å². The van der Waals surface area contributed by atoms with Crippen LogP contribution in [0.4, 0.5) is 0 Å². The van der Waals surface area contributed by atoms with Gasteiger partial charge >= 0.3 is 5.97 Å². The molecule has 2 heterocycles. The summed E-state index contributed by atoms with van der Waals surface area (Å²) in [6, 6.07) is 6.58. The quantitative estimate of drug-likeness (QED) is 0.795. The summed E-state index contributed by atoms with van der Waals surface area (Å²) in [7, 11) is 0. The third-order valence-corrected chi connectivity index (χ3v) is 5.93. The van der Waals surface area contributed by atoms with E-state index in [9.17, 15) is 4.79 Å². The number of hydrogen-bond donors (Lipinski definition) is 1. The number of fused-ring (bicyclic) bond motifs is 1. The molecule has 0 unspecified atom stereocenters. The molecule has 4 rings (SSSR count). The van der Waals surface area contributed by atoms with Gasteiger partial charge in [-0.3, -0.25) is 14.4 Å². The molecule has 0 radical (unpaired) electrons. The Kier molecular flexibility index (Phi) is 5.67. The molecule has 1 fully saturated rings. The summed E-state index contributed by atoms with van der Waals surface area (Å²) in [5, 5.41) is 13.3. The van der Waals surface area contributed by atoms with Crippen LogP contribution in [0.3, 0.4) is 0 Å². The average molecular weight is 383 g/mol. The molecule has 0 spiro atoms. The van der Waals surface area contributed by atoms with Gasteiger partial charge in [-0.05, 0) is 68.8 Å². The summed E-state index contributed by atoms with van der Waals surface area (Å²) in [4.78, 5) is 13.6. The van der Waals surface area contributed by atoms with Gasteiger partial charge in [-0.2, -0.15) is 5.10 Å². The van der Waals surface area contributed by atoms with E-state index in [1.54, 1.807) is 10.9 Å². The molecule has 0 bridgehead atoms. The molecule has 1 aromatic heterocycles. The maximum atomic E-state index is 11.1. The number of carboxylic acid groups (broad SMARTS) is 1. The first-order chi connectivity index (χ1) is 13.6. The van der Waals surface area contributed by atoms with Gasteiger partial charge in [0.05, 0.1) is 6.61 Å². The highest BCUT2D eigenvalue weighted by molar-refractivity contribution is 5.66. The zero-order valence-corrected chi connectivity index (χ0v) is 16.6. The largest absolute Gasteiger partial charge is 0.494 e. The van der Waals surface area contributed by atoms with Crippen molar-refractivity contribution in [2.75, 3.05) is 19.7 Å². The van der Waals surface area contributed by atoms with Gasteiger partial charge in [0.2, 0.25) is 0 Å². The van der Waals surface area contributed by atoms with Gasteiger partial charge in [0, 0.05) is 36.5 Å². The van der Waals surface area contributed by atoms with Crippen LogP contribution in [-0.4, -0.2) is 45.5 Å². The smallest absolute Gasteiger partial charge is 0.325 e. The lowest BCUT2D eigenvalue weighted by Gasteiger charge is -2.33. The number of rotatable bonds is 7. The van der Waals surface area contributed by atoms with Crippen LogP contribution in [0.15, 0.2) is 24.4 Å². The Morgan fingerprint density at radius 2 is 2.11 bits per heavy atom. The third-order valence-electron chi connectivity index (χ3n) is 5.93. The van der Waals surface area contributed by atoms with Gasteiger partial charge in [0.25, 0.3) is 0 Å². The lowest BCUT2D eigenvalue weighted by atomic mass is 9.94. The summed E-state index contributed by atoms with van der Waals surface area (Å²) >= 11 is 0. The number of benzene rings is 1. The molecule has 1 aliphatic carbocycles. The van der Waals surface area contributed by atoms with Crippen molar-refractivity contribution in [3.8, 4) is 5.75 Å². The van der Waals surface area contributed by atoms with Gasteiger partial charge in [0.15, 0.2) is 0 Å². The SMILES string of the molecule is CCOc1cc2c(cc1CN1CCC[C@H](c3ccnn3CC(=O)O)C1)CCC2. The second-order valence-electron chi connectivity index (χ2n) is 7.90. The zero-order chi connectivity index (χ0) is 19.5. The minimum Gasteiger partial charge on any atom is -0.494 e. The van der Waals surface area contributed by atoms with Crippen LogP contribution >= 0.6 is 0 Å². The minimum absolute atomic E-state index is 0.0713. The molecule has 1 saturated heterocycles. The van der Waals surface area contributed by atoms with E-state index in [2.05, 4.69) is 22.1 Å². The fourth-order valence-electron chi connectivity index (χ4n) is 4.70. The van der Waals surface area contributed by atoms with Crippen molar-refractivity contribution in [2.24, 2.45) is 0 Å². The Hall–Kier alpha value is -2.34. The Labute approximate surface area is 166 Å². The predicted molar refractivity (Wildman–Crippen MR) is 107 cm³/mol. The zero-order valence-electron chi connectivity index (χ0n) is 16.6. The van der Waals surface area contributed by atoms with Crippen molar-refractivity contribution in [3.63, 3.8) is 0 Å². The van der Waals surface area contributed by atoms with E-state index in [1.165, 1.54) is 29.5 Å². The van der Waals surface area contributed by atoms with Crippen LogP contribution in [0.5, 0.6) is 5.75 Å². The van der Waals surface area contributed by atoms with E-state index in [0.29, 0.717) is 12.5 Å². The maximum absolute atomic E-state index is 11.1. The number of carboxylic acids is 1. The van der Waals surface area contributed by atoms with Crippen molar-refractivity contribution in [1.82, 2.24) is 14.7 Å². The topological polar surface area (TPSA) is 67.6 Å². The molecular formula is C22H29N3O3. The number of aliphatic carboxylic acids is 1. The number of aryl methyl sites for hydroxylation is 2. The minimum atomic E-state index is -0.850. The lowest BCUT2D eigenvalue weighted by molar-refractivity contribution is -0.137. The van der Waals surface area contributed by atoms with Crippen molar-refractivity contribution in [2.45, 2.75) is 58.0 Å². The molecule has 0 saturated carbocycles. The highest BCUT2D eigenvalue weighted by atomic mass is 16.5. The molecule has 2 aliphatic rings. The van der Waals surface area contributed by atoms with Crippen LogP contribution in [0.1, 0.15) is 54.5 Å². The normalized spacial score (nSPS) is 19.5. The van der Waals surface area contributed by atoms with E-state index in [4.69, 9.17) is 9.84 Å². The molecule has 6 nitrogen and oxygen atoms in total.